The van der Waals surface area contributed by atoms with Crippen molar-refractivity contribution in [3.63, 3.8) is 0 Å². The van der Waals surface area contributed by atoms with Gasteiger partial charge in [0.2, 0.25) is 0 Å². The predicted molar refractivity (Wildman–Crippen MR) is 108 cm³/mol. The van der Waals surface area contributed by atoms with E-state index in [9.17, 15) is 9.59 Å². The fourth-order valence-electron chi connectivity index (χ4n) is 3.54. The third-order valence-electron chi connectivity index (χ3n) is 4.73. The highest BCUT2D eigenvalue weighted by Gasteiger charge is 2.29. The summed E-state index contributed by atoms with van der Waals surface area (Å²) in [5.41, 5.74) is 7.22. The lowest BCUT2D eigenvalue weighted by atomic mass is 9.84. The number of carbonyl (C=O) groups is 2. The summed E-state index contributed by atoms with van der Waals surface area (Å²) in [6, 6.07) is 4.88. The maximum atomic E-state index is 12.7. The monoisotopic (exact) mass is 410 g/mol. The summed E-state index contributed by atoms with van der Waals surface area (Å²) in [7, 11) is 0. The van der Waals surface area contributed by atoms with Crippen LogP contribution in [0, 0.1) is 5.92 Å². The van der Waals surface area contributed by atoms with Gasteiger partial charge in [0.15, 0.2) is 0 Å². The molecular weight excluding hydrogens is 391 g/mol. The molecule has 3 rings (SSSR count). The molecule has 3 N–H and O–H groups in total. The smallest absolute Gasteiger partial charge is 0.259 e. The molecule has 2 aromatic rings. The SMILES string of the molecule is CCCC1CCc2c(sc(NC(=O)c3c(Cl)cccc3Cl)c2C(N)=O)C1. The second-order valence-electron chi connectivity index (χ2n) is 6.52. The maximum absolute atomic E-state index is 12.7. The largest absolute Gasteiger partial charge is 0.365 e. The number of halogens is 2. The number of fused-ring (bicyclic) bond motifs is 1. The zero-order chi connectivity index (χ0) is 18.8. The van der Waals surface area contributed by atoms with Crippen molar-refractivity contribution < 1.29 is 9.59 Å². The van der Waals surface area contributed by atoms with E-state index in [2.05, 4.69) is 12.2 Å². The highest BCUT2D eigenvalue weighted by atomic mass is 35.5. The number of benzene rings is 1. The van der Waals surface area contributed by atoms with E-state index in [1.54, 1.807) is 18.2 Å². The van der Waals surface area contributed by atoms with Crippen LogP contribution in [0.4, 0.5) is 5.00 Å². The lowest BCUT2D eigenvalue weighted by molar-refractivity contribution is 0.1000. The molecule has 7 heteroatoms. The molecule has 0 fully saturated rings. The van der Waals surface area contributed by atoms with Gasteiger partial charge in [0.25, 0.3) is 11.8 Å². The molecule has 0 spiro atoms. The first-order valence-corrected chi connectivity index (χ1v) is 10.2. The van der Waals surface area contributed by atoms with Crippen molar-refractivity contribution in [1.29, 1.82) is 0 Å². The lowest BCUT2D eigenvalue weighted by Gasteiger charge is -2.21. The molecule has 1 aromatic heterocycles. The van der Waals surface area contributed by atoms with Crippen molar-refractivity contribution in [3.8, 4) is 0 Å². The van der Waals surface area contributed by atoms with E-state index in [1.807, 2.05) is 0 Å². The normalized spacial score (nSPS) is 16.2. The van der Waals surface area contributed by atoms with Gasteiger partial charge in [0.1, 0.15) is 5.00 Å². The zero-order valence-corrected chi connectivity index (χ0v) is 16.7. The van der Waals surface area contributed by atoms with Crippen LogP contribution in [0.5, 0.6) is 0 Å². The summed E-state index contributed by atoms with van der Waals surface area (Å²) in [4.78, 5) is 25.9. The van der Waals surface area contributed by atoms with Gasteiger partial charge in [-0.25, -0.2) is 0 Å². The average Bonchev–Trinajstić information content (AvgIpc) is 2.92. The number of hydrogen-bond donors (Lipinski definition) is 2. The fourth-order valence-corrected chi connectivity index (χ4v) is 5.47. The van der Waals surface area contributed by atoms with E-state index < -0.39 is 11.8 Å². The Bertz CT molecular complexity index is 843. The second kappa shape index (κ2) is 7.99. The van der Waals surface area contributed by atoms with Crippen molar-refractivity contribution in [2.45, 2.75) is 39.0 Å². The Balaban J connectivity index is 1.93. The summed E-state index contributed by atoms with van der Waals surface area (Å²) < 4.78 is 0. The Hall–Kier alpha value is -1.56. The molecule has 1 atom stereocenters. The predicted octanol–water partition coefficient (Wildman–Crippen LogP) is 5.31. The first kappa shape index (κ1) is 19.2. The van der Waals surface area contributed by atoms with Gasteiger partial charge in [-0.3, -0.25) is 9.59 Å². The summed E-state index contributed by atoms with van der Waals surface area (Å²) in [6.45, 7) is 2.18. The minimum atomic E-state index is -0.517. The average molecular weight is 411 g/mol. The number of primary amides is 1. The van der Waals surface area contributed by atoms with Crippen LogP contribution in [0.2, 0.25) is 10.0 Å². The van der Waals surface area contributed by atoms with Crippen molar-refractivity contribution in [1.82, 2.24) is 0 Å². The summed E-state index contributed by atoms with van der Waals surface area (Å²) in [6.07, 6.45) is 5.10. The first-order valence-electron chi connectivity index (χ1n) is 8.62. The molecule has 1 aliphatic rings. The van der Waals surface area contributed by atoms with Crippen molar-refractivity contribution >= 4 is 51.4 Å². The van der Waals surface area contributed by atoms with Crippen LogP contribution in [0.3, 0.4) is 0 Å². The van der Waals surface area contributed by atoms with Crippen molar-refractivity contribution in [2.75, 3.05) is 5.32 Å². The number of thiophene rings is 1. The molecule has 0 bridgehead atoms. The molecule has 26 heavy (non-hydrogen) atoms. The number of nitrogens with one attached hydrogen (secondary N) is 1. The number of hydrogen-bond acceptors (Lipinski definition) is 3. The summed E-state index contributed by atoms with van der Waals surface area (Å²) in [5.74, 6) is -0.336. The molecule has 0 saturated heterocycles. The Morgan fingerprint density at radius 3 is 2.58 bits per heavy atom. The van der Waals surface area contributed by atoms with Gasteiger partial charge in [-0.05, 0) is 42.9 Å². The number of amides is 2. The van der Waals surface area contributed by atoms with Crippen LogP contribution in [0.25, 0.3) is 0 Å². The van der Waals surface area contributed by atoms with Gasteiger partial charge in [0.05, 0.1) is 21.2 Å². The number of rotatable bonds is 5. The molecule has 1 unspecified atom stereocenters. The van der Waals surface area contributed by atoms with E-state index in [0.29, 0.717) is 16.5 Å². The van der Waals surface area contributed by atoms with Crippen LogP contribution < -0.4 is 11.1 Å². The van der Waals surface area contributed by atoms with Crippen LogP contribution >= 0.6 is 34.5 Å². The highest BCUT2D eigenvalue weighted by Crippen LogP contribution is 2.41. The lowest BCUT2D eigenvalue weighted by Crippen LogP contribution is -2.20. The quantitative estimate of drug-likeness (QED) is 0.700. The van der Waals surface area contributed by atoms with Crippen molar-refractivity contribution in [3.05, 3.63) is 49.8 Å². The van der Waals surface area contributed by atoms with Gasteiger partial charge < -0.3 is 11.1 Å². The second-order valence-corrected chi connectivity index (χ2v) is 8.44. The molecule has 1 aromatic carbocycles. The first-order chi connectivity index (χ1) is 12.4. The Labute approximate surface area is 166 Å². The third-order valence-corrected chi connectivity index (χ3v) is 6.53. The van der Waals surface area contributed by atoms with Crippen molar-refractivity contribution in [2.24, 2.45) is 11.7 Å². The highest BCUT2D eigenvalue weighted by molar-refractivity contribution is 7.17. The van der Waals surface area contributed by atoms with Crippen LogP contribution in [-0.2, 0) is 12.8 Å². The van der Waals surface area contributed by atoms with Crippen LogP contribution in [0.15, 0.2) is 18.2 Å². The van der Waals surface area contributed by atoms with Crippen LogP contribution in [0.1, 0.15) is 57.3 Å². The van der Waals surface area contributed by atoms with Gasteiger partial charge in [0, 0.05) is 4.88 Å². The van der Waals surface area contributed by atoms with Gasteiger partial charge in [-0.1, -0.05) is 49.0 Å². The molecule has 1 aliphatic carbocycles. The summed E-state index contributed by atoms with van der Waals surface area (Å²) in [5, 5.41) is 3.82. The Kier molecular flexibility index (Phi) is 5.90. The number of nitrogens with two attached hydrogens (primary N) is 1. The summed E-state index contributed by atoms with van der Waals surface area (Å²) >= 11 is 13.7. The van der Waals surface area contributed by atoms with E-state index in [-0.39, 0.29) is 15.6 Å². The fraction of sp³-hybridized carbons (Fsp3) is 0.368. The zero-order valence-electron chi connectivity index (χ0n) is 14.4. The van der Waals surface area contributed by atoms with Gasteiger partial charge in [-0.15, -0.1) is 11.3 Å². The minimum Gasteiger partial charge on any atom is -0.365 e. The molecule has 0 saturated carbocycles. The standard InChI is InChI=1S/C19H20Cl2N2O2S/c1-2-4-10-7-8-11-14(9-10)26-19(15(11)17(22)24)23-18(25)16-12(20)5-3-6-13(16)21/h3,5-6,10H,2,4,7-9H2,1H3,(H2,22,24)(H,23,25). The molecule has 138 valence electrons. The van der Waals surface area contributed by atoms with Gasteiger partial charge >= 0.3 is 0 Å². The molecule has 2 amide bonds. The van der Waals surface area contributed by atoms with Gasteiger partial charge in [-0.2, -0.15) is 0 Å². The topological polar surface area (TPSA) is 72.2 Å². The molecule has 0 radical (unpaired) electrons. The minimum absolute atomic E-state index is 0.196. The molecule has 0 aliphatic heterocycles. The molecular formula is C19H20Cl2N2O2S. The maximum Gasteiger partial charge on any atom is 0.259 e. The Morgan fingerprint density at radius 1 is 1.27 bits per heavy atom. The molecule has 1 heterocycles. The van der Waals surface area contributed by atoms with E-state index in [4.69, 9.17) is 28.9 Å². The number of anilines is 1. The molecule has 4 nitrogen and oxygen atoms in total. The van der Waals surface area contributed by atoms with E-state index >= 15 is 0 Å². The van der Waals surface area contributed by atoms with E-state index in [0.717, 1.165) is 36.1 Å². The van der Waals surface area contributed by atoms with Crippen LogP contribution in [-0.4, -0.2) is 11.8 Å². The third kappa shape index (κ3) is 3.75. The Morgan fingerprint density at radius 2 is 1.96 bits per heavy atom. The number of carbonyl (C=O) groups excluding carboxylic acids is 2. The van der Waals surface area contributed by atoms with E-state index in [1.165, 1.54) is 17.8 Å².